The predicted octanol–water partition coefficient (Wildman–Crippen LogP) is 3.64. The number of carboxylic acid groups (broad SMARTS) is 1. The fourth-order valence-electron chi connectivity index (χ4n) is 4.19. The lowest BCUT2D eigenvalue weighted by Gasteiger charge is -2.21. The lowest BCUT2D eigenvalue weighted by molar-refractivity contribution is -0.137. The summed E-state index contributed by atoms with van der Waals surface area (Å²) in [7, 11) is 3.17. The molecule has 0 aliphatic heterocycles. The molecule has 8 nitrogen and oxygen atoms in total. The maximum atomic E-state index is 12.4. The summed E-state index contributed by atoms with van der Waals surface area (Å²) in [6.45, 7) is 0.837. The summed E-state index contributed by atoms with van der Waals surface area (Å²) in [5, 5.41) is 11.4. The van der Waals surface area contributed by atoms with Gasteiger partial charge in [-0.25, -0.2) is 4.79 Å². The van der Waals surface area contributed by atoms with Gasteiger partial charge in [0.25, 0.3) is 0 Å². The average molecular weight is 469 g/mol. The highest BCUT2D eigenvalue weighted by Crippen LogP contribution is 2.44. The molecule has 0 bridgehead atoms. The summed E-state index contributed by atoms with van der Waals surface area (Å²) < 4.78 is 10.9. The van der Waals surface area contributed by atoms with Crippen molar-refractivity contribution < 1.29 is 29.0 Å². The van der Waals surface area contributed by atoms with E-state index < -0.39 is 18.2 Å². The van der Waals surface area contributed by atoms with Crippen molar-refractivity contribution in [1.82, 2.24) is 10.2 Å². The number of ether oxygens (including phenoxy) is 2. The van der Waals surface area contributed by atoms with Crippen molar-refractivity contribution in [3.05, 3.63) is 59.7 Å². The number of benzene rings is 2. The molecule has 182 valence electrons. The standard InChI is InChI=1S/C26H32N2O6/c1-28(14-8-7-13-25(30)31)24(29)15-18(33-2)16-27-26(32)34-17-23-21-11-5-3-9-19(21)20-10-4-6-12-22(20)23/h3-6,9-12,18,23H,7-8,13-17H2,1-2H3,(H,27,32)(H,30,31). The van der Waals surface area contributed by atoms with Crippen LogP contribution in [-0.2, 0) is 19.1 Å². The van der Waals surface area contributed by atoms with Gasteiger partial charge in [-0.05, 0) is 35.1 Å². The van der Waals surface area contributed by atoms with Crippen molar-refractivity contribution in [3.8, 4) is 11.1 Å². The van der Waals surface area contributed by atoms with E-state index in [0.29, 0.717) is 19.4 Å². The first-order valence-electron chi connectivity index (χ1n) is 11.5. The number of carbonyl (C=O) groups is 3. The van der Waals surface area contributed by atoms with E-state index in [0.717, 1.165) is 22.3 Å². The molecular weight excluding hydrogens is 436 g/mol. The van der Waals surface area contributed by atoms with Gasteiger partial charge in [-0.3, -0.25) is 9.59 Å². The Balaban J connectivity index is 1.44. The van der Waals surface area contributed by atoms with Gasteiger partial charge in [-0.1, -0.05) is 48.5 Å². The topological polar surface area (TPSA) is 105 Å². The molecule has 1 aliphatic rings. The molecule has 1 aliphatic carbocycles. The number of rotatable bonds is 12. The molecule has 1 unspecified atom stereocenters. The minimum atomic E-state index is -0.840. The second kappa shape index (κ2) is 12.2. The van der Waals surface area contributed by atoms with Crippen LogP contribution < -0.4 is 5.32 Å². The van der Waals surface area contributed by atoms with E-state index in [1.807, 2.05) is 24.3 Å². The third-order valence-corrected chi connectivity index (χ3v) is 6.11. The number of carbonyl (C=O) groups excluding carboxylic acids is 2. The van der Waals surface area contributed by atoms with E-state index in [-0.39, 0.29) is 37.8 Å². The Morgan fingerprint density at radius 2 is 1.65 bits per heavy atom. The summed E-state index contributed by atoms with van der Waals surface area (Å²) in [5.41, 5.74) is 4.61. The lowest BCUT2D eigenvalue weighted by Crippen LogP contribution is -2.38. The van der Waals surface area contributed by atoms with Gasteiger partial charge < -0.3 is 24.8 Å². The van der Waals surface area contributed by atoms with Gasteiger partial charge in [0, 0.05) is 39.6 Å². The SMILES string of the molecule is COC(CNC(=O)OCC1c2ccccc2-c2ccccc21)CC(=O)N(C)CCCCC(=O)O. The van der Waals surface area contributed by atoms with Crippen LogP contribution in [-0.4, -0.2) is 67.9 Å². The molecule has 1 atom stereocenters. The summed E-state index contributed by atoms with van der Waals surface area (Å²) in [6.07, 6.45) is 0.282. The minimum Gasteiger partial charge on any atom is -0.481 e. The normalized spacial score (nSPS) is 13.0. The van der Waals surface area contributed by atoms with E-state index in [1.54, 1.807) is 11.9 Å². The molecular formula is C26H32N2O6. The number of methoxy groups -OCH3 is 1. The number of alkyl carbamates (subject to hydrolysis) is 1. The minimum absolute atomic E-state index is 0.0206. The zero-order chi connectivity index (χ0) is 24.5. The molecule has 0 radical (unpaired) electrons. The van der Waals surface area contributed by atoms with Crippen LogP contribution in [0, 0.1) is 0 Å². The van der Waals surface area contributed by atoms with Gasteiger partial charge in [0.05, 0.1) is 12.5 Å². The van der Waals surface area contributed by atoms with Crippen LogP contribution in [0.3, 0.4) is 0 Å². The lowest BCUT2D eigenvalue weighted by atomic mass is 9.98. The number of hydrogen-bond donors (Lipinski definition) is 2. The Morgan fingerprint density at radius 3 is 2.24 bits per heavy atom. The van der Waals surface area contributed by atoms with Crippen molar-refractivity contribution >= 4 is 18.0 Å². The van der Waals surface area contributed by atoms with Crippen LogP contribution in [0.25, 0.3) is 11.1 Å². The van der Waals surface area contributed by atoms with E-state index in [2.05, 4.69) is 29.6 Å². The third kappa shape index (κ3) is 6.57. The van der Waals surface area contributed by atoms with Gasteiger partial charge in [-0.2, -0.15) is 0 Å². The molecule has 2 aromatic carbocycles. The van der Waals surface area contributed by atoms with E-state index >= 15 is 0 Å². The van der Waals surface area contributed by atoms with Crippen molar-refractivity contribution in [2.24, 2.45) is 0 Å². The molecule has 0 saturated carbocycles. The second-order valence-corrected chi connectivity index (χ2v) is 8.43. The molecule has 8 heteroatoms. The Bertz CT molecular complexity index is 963. The summed E-state index contributed by atoms with van der Waals surface area (Å²) in [6, 6.07) is 16.3. The molecule has 3 rings (SSSR count). The number of unbranched alkanes of at least 4 members (excludes halogenated alkanes) is 1. The molecule has 0 aromatic heterocycles. The van der Waals surface area contributed by atoms with Crippen molar-refractivity contribution in [3.63, 3.8) is 0 Å². The molecule has 2 N–H and O–H groups in total. The fourth-order valence-corrected chi connectivity index (χ4v) is 4.19. The van der Waals surface area contributed by atoms with Gasteiger partial charge in [0.2, 0.25) is 5.91 Å². The monoisotopic (exact) mass is 468 g/mol. The molecule has 0 spiro atoms. The molecule has 0 fully saturated rings. The van der Waals surface area contributed by atoms with Crippen LogP contribution in [0.15, 0.2) is 48.5 Å². The maximum Gasteiger partial charge on any atom is 0.407 e. The zero-order valence-corrected chi connectivity index (χ0v) is 19.7. The highest BCUT2D eigenvalue weighted by molar-refractivity contribution is 5.79. The number of amides is 2. The smallest absolute Gasteiger partial charge is 0.407 e. The maximum absolute atomic E-state index is 12.4. The largest absolute Gasteiger partial charge is 0.481 e. The summed E-state index contributed by atoms with van der Waals surface area (Å²) in [4.78, 5) is 36.9. The first-order chi connectivity index (χ1) is 16.4. The molecule has 2 aromatic rings. The van der Waals surface area contributed by atoms with Crippen LogP contribution >= 0.6 is 0 Å². The Morgan fingerprint density at radius 1 is 1.03 bits per heavy atom. The molecule has 2 amide bonds. The Kier molecular flexibility index (Phi) is 9.04. The van der Waals surface area contributed by atoms with E-state index in [4.69, 9.17) is 14.6 Å². The predicted molar refractivity (Wildman–Crippen MR) is 128 cm³/mol. The zero-order valence-electron chi connectivity index (χ0n) is 19.7. The van der Waals surface area contributed by atoms with Crippen molar-refractivity contribution in [1.29, 1.82) is 0 Å². The van der Waals surface area contributed by atoms with Crippen molar-refractivity contribution in [2.45, 2.75) is 37.7 Å². The van der Waals surface area contributed by atoms with E-state index in [1.165, 1.54) is 7.11 Å². The number of nitrogens with one attached hydrogen (secondary N) is 1. The quantitative estimate of drug-likeness (QED) is 0.461. The molecule has 0 saturated heterocycles. The van der Waals surface area contributed by atoms with Gasteiger partial charge in [-0.15, -0.1) is 0 Å². The van der Waals surface area contributed by atoms with E-state index in [9.17, 15) is 14.4 Å². The first kappa shape index (κ1) is 25.2. The van der Waals surface area contributed by atoms with Crippen LogP contribution in [0.2, 0.25) is 0 Å². The van der Waals surface area contributed by atoms with Gasteiger partial charge in [0.1, 0.15) is 6.61 Å². The highest BCUT2D eigenvalue weighted by atomic mass is 16.5. The average Bonchev–Trinajstić information content (AvgIpc) is 3.16. The molecule has 0 heterocycles. The number of fused-ring (bicyclic) bond motifs is 3. The van der Waals surface area contributed by atoms with Gasteiger partial charge in [0.15, 0.2) is 0 Å². The highest BCUT2D eigenvalue weighted by Gasteiger charge is 2.29. The number of nitrogens with zero attached hydrogens (tertiary/aromatic N) is 1. The number of hydrogen-bond acceptors (Lipinski definition) is 5. The fraction of sp³-hybridized carbons (Fsp3) is 0.423. The summed E-state index contributed by atoms with van der Waals surface area (Å²) in [5.74, 6) is -0.989. The number of aliphatic carboxylic acids is 1. The Labute approximate surface area is 199 Å². The third-order valence-electron chi connectivity index (χ3n) is 6.11. The Hall–Kier alpha value is -3.39. The van der Waals surface area contributed by atoms with Crippen LogP contribution in [0.4, 0.5) is 4.79 Å². The van der Waals surface area contributed by atoms with Crippen molar-refractivity contribution in [2.75, 3.05) is 33.9 Å². The first-order valence-corrected chi connectivity index (χ1v) is 11.5. The van der Waals surface area contributed by atoms with Crippen LogP contribution in [0.1, 0.15) is 42.7 Å². The van der Waals surface area contributed by atoms with Gasteiger partial charge >= 0.3 is 12.1 Å². The van der Waals surface area contributed by atoms with Crippen LogP contribution in [0.5, 0.6) is 0 Å². The summed E-state index contributed by atoms with van der Waals surface area (Å²) >= 11 is 0. The number of carboxylic acids is 1. The second-order valence-electron chi connectivity index (χ2n) is 8.43. The molecule has 34 heavy (non-hydrogen) atoms.